The first-order valence-corrected chi connectivity index (χ1v) is 9.52. The minimum absolute atomic E-state index is 0.212. The number of carbonyl (C=O) groups excluding carboxylic acids is 2. The van der Waals surface area contributed by atoms with Crippen LogP contribution in [0.3, 0.4) is 0 Å². The van der Waals surface area contributed by atoms with Crippen LogP contribution in [0.25, 0.3) is 11.3 Å². The van der Waals surface area contributed by atoms with E-state index in [4.69, 9.17) is 4.74 Å². The predicted molar refractivity (Wildman–Crippen MR) is 113 cm³/mol. The molecule has 2 aromatic carbocycles. The number of benzene rings is 2. The number of hydrogen-bond acceptors (Lipinski definition) is 4. The first kappa shape index (κ1) is 20.4. The highest BCUT2D eigenvalue weighted by Gasteiger charge is 2.21. The normalized spacial score (nSPS) is 12.8. The number of carbonyl (C=O) groups is 2. The maximum atomic E-state index is 12.9. The molecule has 6 nitrogen and oxygen atoms in total. The molecule has 0 unspecified atom stereocenters. The second-order valence-electron chi connectivity index (χ2n) is 6.79. The fourth-order valence-corrected chi connectivity index (χ4v) is 2.89. The van der Waals surface area contributed by atoms with Crippen molar-refractivity contribution in [3.63, 3.8) is 0 Å². The first-order valence-electron chi connectivity index (χ1n) is 9.52. The Kier molecular flexibility index (Phi) is 6.46. The lowest BCUT2D eigenvalue weighted by Crippen LogP contribution is -2.48. The van der Waals surface area contributed by atoms with E-state index in [2.05, 4.69) is 10.6 Å². The maximum absolute atomic E-state index is 12.9. The van der Waals surface area contributed by atoms with E-state index in [1.165, 1.54) is 0 Å². The van der Waals surface area contributed by atoms with E-state index < -0.39 is 6.04 Å². The van der Waals surface area contributed by atoms with Crippen LogP contribution in [0.4, 0.5) is 0 Å². The van der Waals surface area contributed by atoms with Gasteiger partial charge >= 0.3 is 0 Å². The maximum Gasteiger partial charge on any atom is 0.253 e. The molecule has 2 N–H and O–H groups in total. The van der Waals surface area contributed by atoms with Gasteiger partial charge in [0.05, 0.1) is 11.7 Å². The molecule has 3 rings (SSSR count). The van der Waals surface area contributed by atoms with Crippen molar-refractivity contribution < 1.29 is 14.3 Å². The number of nitrogens with one attached hydrogen (secondary N) is 2. The molecule has 0 aliphatic rings. The molecule has 0 saturated heterocycles. The Labute approximate surface area is 170 Å². The topological polar surface area (TPSA) is 72.4 Å². The number of likely N-dealkylation sites (N-methyl/N-ethyl adjacent to an activating group) is 1. The van der Waals surface area contributed by atoms with Gasteiger partial charge in [0.2, 0.25) is 5.91 Å². The van der Waals surface area contributed by atoms with Crippen molar-refractivity contribution in [2.24, 2.45) is 0 Å². The van der Waals surface area contributed by atoms with Crippen LogP contribution in [-0.2, 0) is 4.79 Å². The largest absolute Gasteiger partial charge is 0.457 e. The number of rotatable bonds is 7. The van der Waals surface area contributed by atoms with Gasteiger partial charge in [-0.3, -0.25) is 14.2 Å². The number of amides is 1. The van der Waals surface area contributed by atoms with E-state index in [9.17, 15) is 9.59 Å². The third-order valence-electron chi connectivity index (χ3n) is 4.65. The molecule has 2 atom stereocenters. The van der Waals surface area contributed by atoms with Crippen LogP contribution in [0.1, 0.15) is 18.6 Å². The molecule has 0 bridgehead atoms. The van der Waals surface area contributed by atoms with Crippen molar-refractivity contribution in [3.8, 4) is 22.8 Å². The minimum atomic E-state index is -0.659. The molecule has 1 amide bonds. The first-order chi connectivity index (χ1) is 14.0. The second kappa shape index (κ2) is 9.21. The smallest absolute Gasteiger partial charge is 0.253 e. The molecule has 0 radical (unpaired) electrons. The van der Waals surface area contributed by atoms with E-state index in [1.807, 2.05) is 66.7 Å². The van der Waals surface area contributed by atoms with Crippen LogP contribution in [0.2, 0.25) is 0 Å². The van der Waals surface area contributed by atoms with Crippen molar-refractivity contribution in [1.82, 2.24) is 15.2 Å². The van der Waals surface area contributed by atoms with Crippen LogP contribution in [0.15, 0.2) is 72.9 Å². The van der Waals surface area contributed by atoms with Gasteiger partial charge in [-0.1, -0.05) is 30.3 Å². The predicted octanol–water partition coefficient (Wildman–Crippen LogP) is 3.70. The molecule has 3 aromatic rings. The zero-order valence-electron chi connectivity index (χ0n) is 16.8. The Morgan fingerprint density at radius 2 is 1.62 bits per heavy atom. The molecule has 0 saturated carbocycles. The van der Waals surface area contributed by atoms with Crippen LogP contribution < -0.4 is 15.4 Å². The third-order valence-corrected chi connectivity index (χ3v) is 4.65. The SMILES string of the molecule is CN[C@@H](C)C(=O)N[C@@H](C)C(=O)n1cccc1-c1cccc(Oc2ccccc2)c1. The summed E-state index contributed by atoms with van der Waals surface area (Å²) in [5.41, 5.74) is 1.58. The van der Waals surface area contributed by atoms with Gasteiger partial charge < -0.3 is 15.4 Å². The van der Waals surface area contributed by atoms with Gasteiger partial charge in [0.15, 0.2) is 0 Å². The van der Waals surface area contributed by atoms with Crippen molar-refractivity contribution in [2.75, 3.05) is 7.05 Å². The lowest BCUT2D eigenvalue weighted by atomic mass is 10.1. The molecule has 0 aliphatic heterocycles. The monoisotopic (exact) mass is 391 g/mol. The number of para-hydroxylation sites is 1. The van der Waals surface area contributed by atoms with Gasteiger partial charge in [0.1, 0.15) is 17.5 Å². The van der Waals surface area contributed by atoms with Crippen molar-refractivity contribution in [2.45, 2.75) is 25.9 Å². The van der Waals surface area contributed by atoms with Gasteiger partial charge in [-0.05, 0) is 57.3 Å². The fourth-order valence-electron chi connectivity index (χ4n) is 2.89. The summed E-state index contributed by atoms with van der Waals surface area (Å²) in [6.07, 6.45) is 1.70. The summed E-state index contributed by atoms with van der Waals surface area (Å²) in [6.45, 7) is 3.42. The third kappa shape index (κ3) is 4.92. The Morgan fingerprint density at radius 3 is 2.34 bits per heavy atom. The van der Waals surface area contributed by atoms with Crippen LogP contribution in [0, 0.1) is 0 Å². The molecule has 6 heteroatoms. The summed E-state index contributed by atoms with van der Waals surface area (Å²) >= 11 is 0. The van der Waals surface area contributed by atoms with Gasteiger partial charge in [0.25, 0.3) is 5.91 Å². The number of aromatic nitrogens is 1. The second-order valence-corrected chi connectivity index (χ2v) is 6.79. The summed E-state index contributed by atoms with van der Waals surface area (Å²) in [7, 11) is 1.70. The van der Waals surface area contributed by atoms with Crippen molar-refractivity contribution >= 4 is 11.8 Å². The highest BCUT2D eigenvalue weighted by Crippen LogP contribution is 2.27. The quantitative estimate of drug-likeness (QED) is 0.644. The van der Waals surface area contributed by atoms with Crippen molar-refractivity contribution in [3.05, 3.63) is 72.9 Å². The van der Waals surface area contributed by atoms with Gasteiger partial charge in [-0.2, -0.15) is 0 Å². The summed E-state index contributed by atoms with van der Waals surface area (Å²) in [4.78, 5) is 25.0. The Balaban J connectivity index is 1.80. The molecule has 0 spiro atoms. The van der Waals surface area contributed by atoms with Crippen LogP contribution >= 0.6 is 0 Å². The molecule has 0 fully saturated rings. The van der Waals surface area contributed by atoms with E-state index in [0.29, 0.717) is 5.75 Å². The van der Waals surface area contributed by atoms with Gasteiger partial charge in [0, 0.05) is 11.8 Å². The van der Waals surface area contributed by atoms with Gasteiger partial charge in [-0.25, -0.2) is 0 Å². The average molecular weight is 391 g/mol. The van der Waals surface area contributed by atoms with Gasteiger partial charge in [-0.15, -0.1) is 0 Å². The molecular formula is C23H25N3O3. The summed E-state index contributed by atoms with van der Waals surface area (Å²) in [5.74, 6) is 0.987. The molecular weight excluding hydrogens is 366 g/mol. The molecule has 29 heavy (non-hydrogen) atoms. The van der Waals surface area contributed by atoms with Crippen molar-refractivity contribution in [1.29, 1.82) is 0 Å². The standard InChI is InChI=1S/C23H25N3O3/c1-16(24-3)22(27)25-17(2)23(28)26-14-8-13-21(26)18-9-7-12-20(15-18)29-19-10-5-4-6-11-19/h4-17,24H,1-3H3,(H,25,27)/t16-,17-/m0/s1. The van der Waals surface area contributed by atoms with Crippen LogP contribution in [-0.4, -0.2) is 35.5 Å². The van der Waals surface area contributed by atoms with E-state index in [-0.39, 0.29) is 17.9 Å². The number of hydrogen-bond donors (Lipinski definition) is 2. The summed E-state index contributed by atoms with van der Waals surface area (Å²) < 4.78 is 7.45. The summed E-state index contributed by atoms with van der Waals surface area (Å²) in [5, 5.41) is 5.61. The number of ether oxygens (including phenoxy) is 1. The molecule has 0 aliphatic carbocycles. The van der Waals surface area contributed by atoms with E-state index in [0.717, 1.165) is 17.0 Å². The molecule has 150 valence electrons. The highest BCUT2D eigenvalue weighted by molar-refractivity contribution is 5.92. The number of nitrogens with zero attached hydrogens (tertiary/aromatic N) is 1. The molecule has 1 heterocycles. The Hall–Kier alpha value is -3.38. The lowest BCUT2D eigenvalue weighted by Gasteiger charge is -2.18. The fraction of sp³-hybridized carbons (Fsp3) is 0.217. The van der Waals surface area contributed by atoms with E-state index in [1.54, 1.807) is 31.7 Å². The zero-order chi connectivity index (χ0) is 20.8. The average Bonchev–Trinajstić information content (AvgIpc) is 3.23. The Bertz CT molecular complexity index is 982. The van der Waals surface area contributed by atoms with E-state index >= 15 is 0 Å². The zero-order valence-corrected chi connectivity index (χ0v) is 16.8. The summed E-state index contributed by atoms with van der Waals surface area (Å²) in [6, 6.07) is 19.7. The minimum Gasteiger partial charge on any atom is -0.457 e. The highest BCUT2D eigenvalue weighted by atomic mass is 16.5. The molecule has 1 aromatic heterocycles. The van der Waals surface area contributed by atoms with Crippen LogP contribution in [0.5, 0.6) is 11.5 Å². The Morgan fingerprint density at radius 1 is 0.897 bits per heavy atom. The lowest BCUT2D eigenvalue weighted by molar-refractivity contribution is -0.123.